The summed E-state index contributed by atoms with van der Waals surface area (Å²) in [6.45, 7) is 0. The minimum absolute atomic E-state index is 0.0115. The normalized spacial score (nSPS) is 26.1. The van der Waals surface area contributed by atoms with Crippen LogP contribution >= 0.6 is 15.9 Å². The maximum atomic E-state index is 14.2. The fourth-order valence-electron chi connectivity index (χ4n) is 3.62. The van der Waals surface area contributed by atoms with E-state index in [-0.39, 0.29) is 11.9 Å². The van der Waals surface area contributed by atoms with Crippen LogP contribution < -0.4 is 5.32 Å². The highest BCUT2D eigenvalue weighted by Crippen LogP contribution is 2.51. The van der Waals surface area contributed by atoms with Crippen LogP contribution in [0, 0.1) is 11.7 Å². The standard InChI is InChI=1S/C18H15BrFN/c19-15-9-4-8-13-11-6-3-7-12(11)17(21-18(13)15)14-5-1-2-10-16(14)20/h1-6,8-12,17,21H,7H2/t11-,12-,17+/m0/s1. The minimum Gasteiger partial charge on any atom is -0.377 e. The molecule has 4 rings (SSSR count). The van der Waals surface area contributed by atoms with Crippen LogP contribution in [0.3, 0.4) is 0 Å². The predicted octanol–water partition coefficient (Wildman–Crippen LogP) is 5.41. The lowest BCUT2D eigenvalue weighted by molar-refractivity contribution is 0.413. The molecule has 0 aromatic heterocycles. The molecule has 1 aliphatic heterocycles. The maximum Gasteiger partial charge on any atom is 0.128 e. The number of hydrogen-bond acceptors (Lipinski definition) is 1. The average molecular weight is 344 g/mol. The van der Waals surface area contributed by atoms with Crippen molar-refractivity contribution in [2.24, 2.45) is 5.92 Å². The van der Waals surface area contributed by atoms with Crippen LogP contribution in [0.15, 0.2) is 59.1 Å². The summed E-state index contributed by atoms with van der Waals surface area (Å²) in [4.78, 5) is 0. The Morgan fingerprint density at radius 1 is 1.05 bits per heavy atom. The quantitative estimate of drug-likeness (QED) is 0.682. The van der Waals surface area contributed by atoms with Gasteiger partial charge in [-0.3, -0.25) is 0 Å². The van der Waals surface area contributed by atoms with E-state index in [1.807, 2.05) is 18.2 Å². The van der Waals surface area contributed by atoms with E-state index < -0.39 is 0 Å². The molecule has 1 N–H and O–H groups in total. The highest BCUT2D eigenvalue weighted by Gasteiger charge is 2.39. The van der Waals surface area contributed by atoms with Crippen molar-refractivity contribution in [3.63, 3.8) is 0 Å². The molecule has 1 heterocycles. The van der Waals surface area contributed by atoms with Gasteiger partial charge in [0.2, 0.25) is 0 Å². The van der Waals surface area contributed by atoms with Gasteiger partial charge in [0.25, 0.3) is 0 Å². The van der Waals surface area contributed by atoms with Crippen LogP contribution in [0.1, 0.15) is 29.5 Å². The summed E-state index contributed by atoms with van der Waals surface area (Å²) in [6, 6.07) is 13.4. The Balaban J connectivity index is 1.85. The first-order valence-electron chi connectivity index (χ1n) is 7.22. The fourth-order valence-corrected chi connectivity index (χ4v) is 4.11. The van der Waals surface area contributed by atoms with Gasteiger partial charge in [-0.1, -0.05) is 42.5 Å². The zero-order valence-electron chi connectivity index (χ0n) is 11.4. The van der Waals surface area contributed by atoms with Gasteiger partial charge < -0.3 is 5.32 Å². The van der Waals surface area contributed by atoms with Crippen molar-refractivity contribution in [1.29, 1.82) is 0 Å². The molecular formula is C18H15BrFN. The van der Waals surface area contributed by atoms with Gasteiger partial charge in [-0.25, -0.2) is 4.39 Å². The molecule has 2 aromatic rings. The molecule has 0 amide bonds. The third-order valence-electron chi connectivity index (χ3n) is 4.59. The molecule has 0 radical (unpaired) electrons. The maximum absolute atomic E-state index is 14.2. The Morgan fingerprint density at radius 3 is 2.71 bits per heavy atom. The highest BCUT2D eigenvalue weighted by molar-refractivity contribution is 9.10. The first-order valence-corrected chi connectivity index (χ1v) is 8.01. The van der Waals surface area contributed by atoms with Crippen LogP contribution in [0.5, 0.6) is 0 Å². The van der Waals surface area contributed by atoms with Crippen molar-refractivity contribution in [3.05, 3.63) is 76.0 Å². The van der Waals surface area contributed by atoms with E-state index in [1.165, 1.54) is 5.56 Å². The van der Waals surface area contributed by atoms with Crippen LogP contribution in [-0.4, -0.2) is 0 Å². The Kier molecular flexibility index (Phi) is 3.11. The average Bonchev–Trinajstić information content (AvgIpc) is 2.97. The lowest BCUT2D eigenvalue weighted by Crippen LogP contribution is -2.29. The van der Waals surface area contributed by atoms with Crippen LogP contribution in [0.2, 0.25) is 0 Å². The van der Waals surface area contributed by atoms with E-state index >= 15 is 0 Å². The molecule has 106 valence electrons. The van der Waals surface area contributed by atoms with E-state index in [4.69, 9.17) is 0 Å². The molecular weight excluding hydrogens is 329 g/mol. The van der Waals surface area contributed by atoms with Gasteiger partial charge in [-0.05, 0) is 46.0 Å². The molecule has 3 atom stereocenters. The Morgan fingerprint density at radius 2 is 1.86 bits per heavy atom. The first-order chi connectivity index (χ1) is 10.3. The second-order valence-corrected chi connectivity index (χ2v) is 6.56. The fraction of sp³-hybridized carbons (Fsp3) is 0.222. The summed E-state index contributed by atoms with van der Waals surface area (Å²) in [5.74, 6) is 0.614. The molecule has 1 aliphatic carbocycles. The molecule has 0 saturated carbocycles. The molecule has 0 bridgehead atoms. The highest BCUT2D eigenvalue weighted by atomic mass is 79.9. The number of halogens is 2. The molecule has 0 fully saturated rings. The number of benzene rings is 2. The van der Waals surface area contributed by atoms with E-state index in [2.05, 4.69) is 45.5 Å². The molecule has 2 aromatic carbocycles. The number of rotatable bonds is 1. The number of hydrogen-bond donors (Lipinski definition) is 1. The predicted molar refractivity (Wildman–Crippen MR) is 86.9 cm³/mol. The largest absolute Gasteiger partial charge is 0.377 e. The Labute approximate surface area is 132 Å². The number of fused-ring (bicyclic) bond motifs is 3. The van der Waals surface area contributed by atoms with Crippen molar-refractivity contribution in [3.8, 4) is 0 Å². The topological polar surface area (TPSA) is 12.0 Å². The van der Waals surface area contributed by atoms with Crippen molar-refractivity contribution in [2.45, 2.75) is 18.4 Å². The first kappa shape index (κ1) is 13.1. The second kappa shape index (κ2) is 4.99. The van der Waals surface area contributed by atoms with E-state index in [0.717, 1.165) is 22.1 Å². The molecule has 0 unspecified atom stereocenters. The lowest BCUT2D eigenvalue weighted by Gasteiger charge is -2.38. The van der Waals surface area contributed by atoms with E-state index in [0.29, 0.717) is 11.8 Å². The zero-order chi connectivity index (χ0) is 14.4. The number of para-hydroxylation sites is 1. The van der Waals surface area contributed by atoms with Crippen molar-refractivity contribution in [1.82, 2.24) is 0 Å². The smallest absolute Gasteiger partial charge is 0.128 e. The summed E-state index contributed by atoms with van der Waals surface area (Å²) in [7, 11) is 0. The lowest BCUT2D eigenvalue weighted by atomic mass is 9.77. The second-order valence-electron chi connectivity index (χ2n) is 5.70. The SMILES string of the molecule is Fc1ccccc1[C@@H]1Nc2c(Br)cccc2[C@H]2C=CC[C@@H]21. The van der Waals surface area contributed by atoms with Gasteiger partial charge in [-0.15, -0.1) is 0 Å². The van der Waals surface area contributed by atoms with Gasteiger partial charge in [-0.2, -0.15) is 0 Å². The van der Waals surface area contributed by atoms with Gasteiger partial charge >= 0.3 is 0 Å². The minimum atomic E-state index is -0.129. The molecule has 0 spiro atoms. The third-order valence-corrected chi connectivity index (χ3v) is 5.25. The monoisotopic (exact) mass is 343 g/mol. The summed E-state index contributed by atoms with van der Waals surface area (Å²) in [5.41, 5.74) is 3.16. The Hall–Kier alpha value is -1.61. The number of allylic oxidation sites excluding steroid dienone is 2. The number of nitrogens with one attached hydrogen (secondary N) is 1. The molecule has 1 nitrogen and oxygen atoms in total. The van der Waals surface area contributed by atoms with Gasteiger partial charge in [0.15, 0.2) is 0 Å². The van der Waals surface area contributed by atoms with E-state index in [1.54, 1.807) is 12.1 Å². The molecule has 3 heteroatoms. The van der Waals surface area contributed by atoms with Crippen molar-refractivity contribution < 1.29 is 4.39 Å². The third kappa shape index (κ3) is 2.03. The van der Waals surface area contributed by atoms with Crippen LogP contribution in [-0.2, 0) is 0 Å². The summed E-state index contributed by atoms with van der Waals surface area (Å²) >= 11 is 3.62. The van der Waals surface area contributed by atoms with Gasteiger partial charge in [0, 0.05) is 16.0 Å². The molecule has 2 aliphatic rings. The van der Waals surface area contributed by atoms with Crippen molar-refractivity contribution in [2.75, 3.05) is 5.32 Å². The Bertz CT molecular complexity index is 725. The summed E-state index contributed by atoms with van der Waals surface area (Å²) < 4.78 is 15.3. The summed E-state index contributed by atoms with van der Waals surface area (Å²) in [5, 5.41) is 3.57. The van der Waals surface area contributed by atoms with Crippen molar-refractivity contribution >= 4 is 21.6 Å². The van der Waals surface area contributed by atoms with Crippen LogP contribution in [0.4, 0.5) is 10.1 Å². The van der Waals surface area contributed by atoms with E-state index in [9.17, 15) is 4.39 Å². The zero-order valence-corrected chi connectivity index (χ0v) is 13.0. The van der Waals surface area contributed by atoms with Gasteiger partial charge in [0.1, 0.15) is 5.82 Å². The van der Waals surface area contributed by atoms with Gasteiger partial charge in [0.05, 0.1) is 11.7 Å². The summed E-state index contributed by atoms with van der Waals surface area (Å²) in [6.07, 6.45) is 5.48. The molecule has 0 saturated heterocycles. The molecule has 21 heavy (non-hydrogen) atoms. The number of anilines is 1. The van der Waals surface area contributed by atoms with Crippen LogP contribution in [0.25, 0.3) is 0 Å².